The summed E-state index contributed by atoms with van der Waals surface area (Å²) in [7, 11) is 0. The van der Waals surface area contributed by atoms with Crippen LogP contribution < -0.4 is 0 Å². The Morgan fingerprint density at radius 2 is 0.900 bits per heavy atom. The molecular formula is C34H38O6. The molecular weight excluding hydrogens is 504 g/mol. The first-order chi connectivity index (χ1) is 19.2. The van der Waals surface area contributed by atoms with Gasteiger partial charge in [0.15, 0.2) is 0 Å². The van der Waals surface area contributed by atoms with Crippen LogP contribution >= 0.6 is 0 Å². The highest BCUT2D eigenvalue weighted by atomic mass is 16.4. The monoisotopic (exact) mass is 542 g/mol. The molecule has 4 atom stereocenters. The summed E-state index contributed by atoms with van der Waals surface area (Å²) >= 11 is 0. The van der Waals surface area contributed by atoms with Crippen molar-refractivity contribution in [3.05, 3.63) is 107 Å². The van der Waals surface area contributed by atoms with Crippen molar-refractivity contribution in [2.24, 2.45) is 0 Å². The molecule has 0 bridgehead atoms. The van der Waals surface area contributed by atoms with Crippen molar-refractivity contribution < 1.29 is 30.6 Å². The van der Waals surface area contributed by atoms with Crippen LogP contribution in [0.5, 0.6) is 0 Å². The summed E-state index contributed by atoms with van der Waals surface area (Å²) in [5.74, 6) is -1.16. The standard InChI is InChI=1S/C34H38O6/c1-3-5-21-7-11-27-17-23(9-13-25(27)15-21)19-29(35)31(37)33(39)34(40)32(38)30(36)20-24-10-14-26-16-22(6-4-2)8-12-28(26)18-24/h7-20,31-40H,3-6H2,1-2H3/t31-,32-,33-,34-/m1/s1. The molecule has 0 radical (unpaired) electrons. The summed E-state index contributed by atoms with van der Waals surface area (Å²) < 4.78 is 0. The molecule has 4 aromatic carbocycles. The smallest absolute Gasteiger partial charge is 0.139 e. The van der Waals surface area contributed by atoms with Gasteiger partial charge in [0.05, 0.1) is 0 Å². The Bertz CT molecular complexity index is 1410. The van der Waals surface area contributed by atoms with Crippen LogP contribution in [0.4, 0.5) is 0 Å². The topological polar surface area (TPSA) is 121 Å². The minimum Gasteiger partial charge on any atom is -0.509 e. The average Bonchev–Trinajstić information content (AvgIpc) is 2.96. The lowest BCUT2D eigenvalue weighted by Gasteiger charge is -2.26. The van der Waals surface area contributed by atoms with Crippen molar-refractivity contribution in [3.8, 4) is 0 Å². The van der Waals surface area contributed by atoms with E-state index < -0.39 is 35.9 Å². The Balaban J connectivity index is 1.45. The predicted molar refractivity (Wildman–Crippen MR) is 161 cm³/mol. The fraction of sp³-hybridized carbons (Fsp3) is 0.294. The molecule has 0 heterocycles. The summed E-state index contributed by atoms with van der Waals surface area (Å²) in [6.45, 7) is 4.25. The molecule has 0 spiro atoms. The second-order valence-corrected chi connectivity index (χ2v) is 10.4. The molecule has 4 rings (SSSR count). The van der Waals surface area contributed by atoms with Gasteiger partial charge in [0.2, 0.25) is 0 Å². The summed E-state index contributed by atoms with van der Waals surface area (Å²) in [5, 5.41) is 66.9. The molecule has 0 amide bonds. The number of benzene rings is 4. The molecule has 6 N–H and O–H groups in total. The Kier molecular flexibility index (Phi) is 9.61. The molecule has 0 aliphatic heterocycles. The third kappa shape index (κ3) is 6.90. The number of fused-ring (bicyclic) bond motifs is 2. The van der Waals surface area contributed by atoms with E-state index in [1.807, 2.05) is 36.4 Å². The van der Waals surface area contributed by atoms with E-state index in [0.717, 1.165) is 47.2 Å². The normalized spacial score (nSPS) is 15.8. The van der Waals surface area contributed by atoms with E-state index in [4.69, 9.17) is 0 Å². The van der Waals surface area contributed by atoms with Crippen LogP contribution in [0.3, 0.4) is 0 Å². The lowest BCUT2D eigenvalue weighted by molar-refractivity contribution is -0.0996. The number of hydrogen-bond donors (Lipinski definition) is 6. The summed E-state index contributed by atoms with van der Waals surface area (Å²) in [6.07, 6.45) is -1.04. The number of hydrogen-bond acceptors (Lipinski definition) is 6. The van der Waals surface area contributed by atoms with Gasteiger partial charge in [0, 0.05) is 0 Å². The van der Waals surface area contributed by atoms with Gasteiger partial charge in [-0.2, -0.15) is 0 Å². The lowest BCUT2D eigenvalue weighted by atomic mass is 9.97. The Morgan fingerprint density at radius 1 is 0.550 bits per heavy atom. The van der Waals surface area contributed by atoms with Gasteiger partial charge in [-0.3, -0.25) is 0 Å². The van der Waals surface area contributed by atoms with E-state index in [1.54, 1.807) is 12.1 Å². The van der Waals surface area contributed by atoms with E-state index in [0.29, 0.717) is 11.1 Å². The molecule has 210 valence electrons. The molecule has 40 heavy (non-hydrogen) atoms. The molecule has 0 aliphatic rings. The van der Waals surface area contributed by atoms with Crippen molar-refractivity contribution >= 4 is 33.7 Å². The van der Waals surface area contributed by atoms with Crippen LogP contribution in [0.1, 0.15) is 48.9 Å². The highest BCUT2D eigenvalue weighted by molar-refractivity contribution is 5.86. The zero-order valence-corrected chi connectivity index (χ0v) is 22.9. The molecule has 4 aromatic rings. The van der Waals surface area contributed by atoms with E-state index in [-0.39, 0.29) is 0 Å². The van der Waals surface area contributed by atoms with E-state index in [9.17, 15) is 30.6 Å². The fourth-order valence-corrected chi connectivity index (χ4v) is 4.93. The Morgan fingerprint density at radius 3 is 1.27 bits per heavy atom. The van der Waals surface area contributed by atoms with Crippen molar-refractivity contribution in [1.29, 1.82) is 0 Å². The van der Waals surface area contributed by atoms with Crippen molar-refractivity contribution in [2.45, 2.75) is 63.9 Å². The largest absolute Gasteiger partial charge is 0.509 e. The fourth-order valence-electron chi connectivity index (χ4n) is 4.93. The zero-order valence-electron chi connectivity index (χ0n) is 22.9. The molecule has 0 aliphatic carbocycles. The van der Waals surface area contributed by atoms with Gasteiger partial charge < -0.3 is 30.6 Å². The van der Waals surface area contributed by atoms with Gasteiger partial charge in [0.25, 0.3) is 0 Å². The molecule has 0 aromatic heterocycles. The summed E-state index contributed by atoms with van der Waals surface area (Å²) in [4.78, 5) is 0. The molecule has 0 fully saturated rings. The highest BCUT2D eigenvalue weighted by Gasteiger charge is 2.34. The van der Waals surface area contributed by atoms with Gasteiger partial charge in [-0.1, -0.05) is 87.4 Å². The Labute approximate surface area is 234 Å². The maximum Gasteiger partial charge on any atom is 0.139 e. The van der Waals surface area contributed by atoms with Crippen LogP contribution in [-0.2, 0) is 12.8 Å². The van der Waals surface area contributed by atoms with Crippen molar-refractivity contribution in [3.63, 3.8) is 0 Å². The van der Waals surface area contributed by atoms with Gasteiger partial charge in [-0.15, -0.1) is 0 Å². The molecule has 0 saturated heterocycles. The highest BCUT2D eigenvalue weighted by Crippen LogP contribution is 2.24. The summed E-state index contributed by atoms with van der Waals surface area (Å²) in [5.41, 5.74) is 3.67. The van der Waals surface area contributed by atoms with Gasteiger partial charge in [-0.05, 0) is 80.9 Å². The first-order valence-electron chi connectivity index (χ1n) is 13.8. The lowest BCUT2D eigenvalue weighted by Crippen LogP contribution is -2.45. The second-order valence-electron chi connectivity index (χ2n) is 10.4. The van der Waals surface area contributed by atoms with Crippen LogP contribution in [0.15, 0.2) is 84.3 Å². The molecule has 6 nitrogen and oxygen atoms in total. The SMILES string of the molecule is CCCc1ccc2cc(C=C(O)[C@@H](O)[C@@H](O)[C@H](O)[C@H](O)C(O)=Cc3ccc4cc(CCC)ccc4c3)ccc2c1. The van der Waals surface area contributed by atoms with E-state index >= 15 is 0 Å². The Hall–Kier alpha value is -3.68. The van der Waals surface area contributed by atoms with E-state index in [2.05, 4.69) is 38.1 Å². The number of rotatable bonds is 11. The molecule has 6 heteroatoms. The first-order valence-corrected chi connectivity index (χ1v) is 13.8. The quantitative estimate of drug-likeness (QED) is 0.133. The third-order valence-corrected chi connectivity index (χ3v) is 7.17. The van der Waals surface area contributed by atoms with E-state index in [1.165, 1.54) is 23.3 Å². The summed E-state index contributed by atoms with van der Waals surface area (Å²) in [6, 6.07) is 23.4. The van der Waals surface area contributed by atoms with Crippen LogP contribution in [-0.4, -0.2) is 55.1 Å². The number of aliphatic hydroxyl groups is 6. The zero-order chi connectivity index (χ0) is 28.8. The third-order valence-electron chi connectivity index (χ3n) is 7.17. The maximum atomic E-state index is 10.5. The molecule has 0 saturated carbocycles. The number of aryl methyl sites for hydroxylation is 2. The van der Waals surface area contributed by atoms with Gasteiger partial charge in [-0.25, -0.2) is 0 Å². The van der Waals surface area contributed by atoms with Gasteiger partial charge in [0.1, 0.15) is 35.9 Å². The second kappa shape index (κ2) is 13.1. The predicted octanol–water partition coefficient (Wildman–Crippen LogP) is 5.84. The molecule has 0 unspecified atom stereocenters. The first kappa shape index (κ1) is 29.3. The van der Waals surface area contributed by atoms with Gasteiger partial charge >= 0.3 is 0 Å². The minimum absolute atomic E-state index is 0.582. The average molecular weight is 543 g/mol. The van der Waals surface area contributed by atoms with Crippen LogP contribution in [0.25, 0.3) is 33.7 Å². The number of aliphatic hydroxyl groups excluding tert-OH is 6. The van der Waals surface area contributed by atoms with Crippen molar-refractivity contribution in [1.82, 2.24) is 0 Å². The maximum absolute atomic E-state index is 10.5. The van der Waals surface area contributed by atoms with Crippen LogP contribution in [0.2, 0.25) is 0 Å². The van der Waals surface area contributed by atoms with Crippen LogP contribution in [0, 0.1) is 0 Å². The minimum atomic E-state index is -1.97. The van der Waals surface area contributed by atoms with Crippen molar-refractivity contribution in [2.75, 3.05) is 0 Å².